The molecule has 0 aromatic heterocycles. The second-order valence-electron chi connectivity index (χ2n) is 5.30. The molecule has 0 heterocycles. The zero-order chi connectivity index (χ0) is 16.5. The van der Waals surface area contributed by atoms with Crippen LogP contribution >= 0.6 is 0 Å². The summed E-state index contributed by atoms with van der Waals surface area (Å²) in [6.07, 6.45) is 2.04. The maximum Gasteiger partial charge on any atom is 0.162 e. The fraction of sp³-hybridized carbons (Fsp3) is 0.389. The van der Waals surface area contributed by atoms with Crippen LogP contribution in [0.3, 0.4) is 0 Å². The quantitative estimate of drug-likeness (QED) is 0.221. The predicted molar refractivity (Wildman–Crippen MR) is 91.7 cm³/mol. The minimum atomic E-state index is 0.143. The largest absolute Gasteiger partial charge is 0.381 e. The first-order chi connectivity index (χ1) is 11.3. The summed E-state index contributed by atoms with van der Waals surface area (Å²) < 4.78 is 5.32. The van der Waals surface area contributed by atoms with E-state index < -0.39 is 0 Å². The third-order valence-electron chi connectivity index (χ3n) is 3.74. The lowest BCUT2D eigenvalue weighted by Crippen LogP contribution is -2.05. The van der Waals surface area contributed by atoms with Gasteiger partial charge in [-0.15, -0.1) is 0 Å². The van der Waals surface area contributed by atoms with E-state index in [9.17, 15) is 4.79 Å². The van der Waals surface area contributed by atoms with Gasteiger partial charge in [-0.1, -0.05) is 36.3 Å². The van der Waals surface area contributed by atoms with Crippen molar-refractivity contribution in [3.63, 3.8) is 0 Å². The van der Waals surface area contributed by atoms with Gasteiger partial charge in [0.25, 0.3) is 0 Å². The molecule has 0 amide bonds. The fourth-order valence-corrected chi connectivity index (χ4v) is 2.57. The van der Waals surface area contributed by atoms with Gasteiger partial charge in [0, 0.05) is 30.0 Å². The van der Waals surface area contributed by atoms with Crippen LogP contribution in [-0.2, 0) is 11.2 Å². The molecule has 2 aromatic carbocycles. The number of nitrogens with zero attached hydrogens (tertiary/aromatic N) is 3. The number of carbonyl (C=O) groups excluding carboxylic acids is 1. The van der Waals surface area contributed by atoms with Gasteiger partial charge in [-0.3, -0.25) is 4.79 Å². The first-order valence-corrected chi connectivity index (χ1v) is 7.89. The number of benzene rings is 2. The van der Waals surface area contributed by atoms with E-state index in [2.05, 4.69) is 23.0 Å². The minimum Gasteiger partial charge on any atom is -0.381 e. The summed E-state index contributed by atoms with van der Waals surface area (Å²) >= 11 is 0. The molecule has 5 heteroatoms. The molecule has 2 aromatic rings. The van der Waals surface area contributed by atoms with Gasteiger partial charge in [0.2, 0.25) is 0 Å². The van der Waals surface area contributed by atoms with Crippen LogP contribution < -0.4 is 0 Å². The van der Waals surface area contributed by atoms with Gasteiger partial charge in [0.05, 0.1) is 6.61 Å². The normalized spacial score (nSPS) is 10.5. The van der Waals surface area contributed by atoms with Crippen molar-refractivity contribution in [2.24, 2.45) is 5.11 Å². The number of Topliss-reactive ketones (excluding diaryl/α,β-unsaturated/α-hetero) is 1. The van der Waals surface area contributed by atoms with Crippen LogP contribution in [0, 0.1) is 0 Å². The zero-order valence-electron chi connectivity index (χ0n) is 13.4. The first-order valence-electron chi connectivity index (χ1n) is 7.89. The second kappa shape index (κ2) is 8.93. The molecule has 0 aliphatic rings. The van der Waals surface area contributed by atoms with E-state index in [0.29, 0.717) is 32.6 Å². The summed E-state index contributed by atoms with van der Waals surface area (Å²) in [5, 5.41) is 5.72. The highest BCUT2D eigenvalue weighted by molar-refractivity contribution is 6.01. The van der Waals surface area contributed by atoms with Crippen LogP contribution in [-0.4, -0.2) is 25.5 Å². The average molecular weight is 311 g/mol. The fourth-order valence-electron chi connectivity index (χ4n) is 2.57. The molecule has 0 atom stereocenters. The van der Waals surface area contributed by atoms with E-state index in [1.165, 1.54) is 10.9 Å². The third-order valence-corrected chi connectivity index (χ3v) is 3.74. The van der Waals surface area contributed by atoms with Gasteiger partial charge in [0.15, 0.2) is 5.78 Å². The minimum absolute atomic E-state index is 0.143. The molecule has 0 bridgehead atoms. The maximum atomic E-state index is 12.4. The lowest BCUT2D eigenvalue weighted by atomic mass is 9.96. The van der Waals surface area contributed by atoms with Crippen LogP contribution in [0.25, 0.3) is 21.2 Å². The Hall–Kier alpha value is -2.36. The van der Waals surface area contributed by atoms with Gasteiger partial charge in [-0.25, -0.2) is 0 Å². The highest BCUT2D eigenvalue weighted by atomic mass is 16.5. The van der Waals surface area contributed by atoms with Crippen molar-refractivity contribution < 1.29 is 9.53 Å². The van der Waals surface area contributed by atoms with E-state index >= 15 is 0 Å². The van der Waals surface area contributed by atoms with Gasteiger partial charge in [-0.05, 0) is 46.8 Å². The predicted octanol–water partition coefficient (Wildman–Crippen LogP) is 4.69. The number of fused-ring (bicyclic) bond motifs is 1. The van der Waals surface area contributed by atoms with E-state index in [-0.39, 0.29) is 5.78 Å². The van der Waals surface area contributed by atoms with Crippen LogP contribution in [0.15, 0.2) is 41.5 Å². The Kier molecular flexibility index (Phi) is 6.60. The standard InChI is InChI=1S/C18H21N3O2/c1-2-14-12-16(13-15-6-3-4-7-17(14)15)18(22)8-5-10-23-11-9-20-21-19/h3-4,6-7,12-13H,2,5,8-11H2,1H3. The summed E-state index contributed by atoms with van der Waals surface area (Å²) in [5.74, 6) is 0.143. The summed E-state index contributed by atoms with van der Waals surface area (Å²) in [7, 11) is 0. The van der Waals surface area contributed by atoms with Gasteiger partial charge < -0.3 is 4.74 Å². The molecule has 120 valence electrons. The van der Waals surface area contributed by atoms with Crippen molar-refractivity contribution in [3.05, 3.63) is 58.0 Å². The zero-order valence-corrected chi connectivity index (χ0v) is 13.4. The summed E-state index contributed by atoms with van der Waals surface area (Å²) in [6, 6.07) is 12.1. The van der Waals surface area contributed by atoms with E-state index in [4.69, 9.17) is 10.3 Å². The van der Waals surface area contributed by atoms with Crippen LogP contribution in [0.4, 0.5) is 0 Å². The van der Waals surface area contributed by atoms with E-state index in [1.807, 2.05) is 30.3 Å². The summed E-state index contributed by atoms with van der Waals surface area (Å²) in [4.78, 5) is 15.0. The number of hydrogen-bond donors (Lipinski definition) is 0. The Morgan fingerprint density at radius 2 is 2.09 bits per heavy atom. The van der Waals surface area contributed by atoms with Crippen LogP contribution in [0.2, 0.25) is 0 Å². The molecule has 0 radical (unpaired) electrons. The second-order valence-corrected chi connectivity index (χ2v) is 5.30. The number of aryl methyl sites for hydroxylation is 1. The highest BCUT2D eigenvalue weighted by Gasteiger charge is 2.09. The van der Waals surface area contributed by atoms with Crippen LogP contribution in [0.1, 0.15) is 35.7 Å². The average Bonchev–Trinajstić information content (AvgIpc) is 2.59. The molecule has 0 aliphatic carbocycles. The topological polar surface area (TPSA) is 75.1 Å². The van der Waals surface area contributed by atoms with E-state index in [1.54, 1.807) is 0 Å². The monoisotopic (exact) mass is 311 g/mol. The number of hydrogen-bond acceptors (Lipinski definition) is 3. The summed E-state index contributed by atoms with van der Waals surface area (Å²) in [6.45, 7) is 3.33. The Bertz CT molecular complexity index is 721. The van der Waals surface area contributed by atoms with Gasteiger partial charge >= 0.3 is 0 Å². The number of rotatable bonds is 9. The molecular formula is C18H21N3O2. The van der Waals surface area contributed by atoms with Gasteiger partial charge in [-0.2, -0.15) is 0 Å². The molecule has 0 unspecified atom stereocenters. The van der Waals surface area contributed by atoms with E-state index in [0.717, 1.165) is 17.4 Å². The Morgan fingerprint density at radius 3 is 2.87 bits per heavy atom. The molecule has 0 aliphatic heterocycles. The lowest BCUT2D eigenvalue weighted by Gasteiger charge is -2.08. The molecule has 0 fully saturated rings. The van der Waals surface area contributed by atoms with Crippen molar-refractivity contribution in [2.75, 3.05) is 19.8 Å². The Morgan fingerprint density at radius 1 is 1.26 bits per heavy atom. The Labute approximate surface area is 135 Å². The first kappa shape index (κ1) is 17.0. The molecule has 23 heavy (non-hydrogen) atoms. The van der Waals surface area contributed by atoms with Crippen molar-refractivity contribution >= 4 is 16.6 Å². The van der Waals surface area contributed by atoms with Crippen molar-refractivity contribution in [3.8, 4) is 0 Å². The third kappa shape index (κ3) is 4.81. The van der Waals surface area contributed by atoms with Crippen molar-refractivity contribution in [1.29, 1.82) is 0 Å². The van der Waals surface area contributed by atoms with Crippen molar-refractivity contribution in [1.82, 2.24) is 0 Å². The van der Waals surface area contributed by atoms with Crippen LogP contribution in [0.5, 0.6) is 0 Å². The molecule has 0 spiro atoms. The molecule has 0 N–H and O–H groups in total. The maximum absolute atomic E-state index is 12.4. The lowest BCUT2D eigenvalue weighted by molar-refractivity contribution is 0.0943. The molecule has 0 saturated heterocycles. The number of azide groups is 1. The number of ether oxygens (including phenoxy) is 1. The highest BCUT2D eigenvalue weighted by Crippen LogP contribution is 2.22. The smallest absolute Gasteiger partial charge is 0.162 e. The molecule has 0 saturated carbocycles. The molecular weight excluding hydrogens is 290 g/mol. The number of carbonyl (C=O) groups is 1. The Balaban J connectivity index is 1.94. The van der Waals surface area contributed by atoms with Gasteiger partial charge in [0.1, 0.15) is 0 Å². The van der Waals surface area contributed by atoms with Crippen molar-refractivity contribution in [2.45, 2.75) is 26.2 Å². The number of ketones is 1. The SMILES string of the molecule is CCc1cc(C(=O)CCCOCCN=[N+]=[N-])cc2ccccc12. The molecule has 2 rings (SSSR count). The summed E-state index contributed by atoms with van der Waals surface area (Å²) in [5.41, 5.74) is 10.1. The molecule has 5 nitrogen and oxygen atoms in total.